The third-order valence-corrected chi connectivity index (χ3v) is 5.16. The Kier molecular flexibility index (Phi) is 6.74. The van der Waals surface area contributed by atoms with E-state index in [-0.39, 0.29) is 17.4 Å². The summed E-state index contributed by atoms with van der Waals surface area (Å²) in [6, 6.07) is 18.6. The van der Waals surface area contributed by atoms with Crippen molar-refractivity contribution in [2.75, 3.05) is 13.1 Å². The Labute approximate surface area is 168 Å². The van der Waals surface area contributed by atoms with Crippen LogP contribution in [0.5, 0.6) is 5.75 Å². The second-order valence-electron chi connectivity index (χ2n) is 8.86. The number of hydrogen-bond acceptors (Lipinski definition) is 2. The van der Waals surface area contributed by atoms with Gasteiger partial charge in [0.05, 0.1) is 13.1 Å². The number of likely N-dealkylation sites (tertiary alicyclic amines) is 1. The van der Waals surface area contributed by atoms with E-state index in [1.807, 2.05) is 45.0 Å². The van der Waals surface area contributed by atoms with Crippen molar-refractivity contribution >= 4 is 5.91 Å². The molecule has 0 spiro atoms. The van der Waals surface area contributed by atoms with Crippen LogP contribution in [0.4, 0.5) is 0 Å². The van der Waals surface area contributed by atoms with Gasteiger partial charge in [-0.15, -0.1) is 0 Å². The number of nitrogens with one attached hydrogen (secondary N) is 2. The van der Waals surface area contributed by atoms with Crippen LogP contribution in [0.25, 0.3) is 0 Å². The molecule has 3 rings (SSSR count). The van der Waals surface area contributed by atoms with Crippen LogP contribution < -0.4 is 15.0 Å². The molecule has 1 fully saturated rings. The lowest BCUT2D eigenvalue weighted by atomic mass is 9.94. The van der Waals surface area contributed by atoms with E-state index in [4.69, 9.17) is 4.74 Å². The van der Waals surface area contributed by atoms with Gasteiger partial charge in [-0.1, -0.05) is 42.5 Å². The minimum atomic E-state index is -0.152. The summed E-state index contributed by atoms with van der Waals surface area (Å²) < 4.78 is 5.95. The monoisotopic (exact) mass is 381 g/mol. The van der Waals surface area contributed by atoms with E-state index >= 15 is 0 Å². The van der Waals surface area contributed by atoms with Gasteiger partial charge in [-0.2, -0.15) is 0 Å². The molecule has 0 saturated carbocycles. The molecule has 1 heterocycles. The Morgan fingerprint density at radius 1 is 1.04 bits per heavy atom. The largest absolute Gasteiger partial charge is 0.489 e. The molecule has 28 heavy (non-hydrogen) atoms. The Bertz CT molecular complexity index is 760. The number of ether oxygens (including phenoxy) is 1. The molecule has 0 unspecified atom stereocenters. The van der Waals surface area contributed by atoms with Gasteiger partial charge < -0.3 is 15.0 Å². The molecular formula is C24H33N2O2+. The van der Waals surface area contributed by atoms with Gasteiger partial charge in [0, 0.05) is 29.9 Å². The smallest absolute Gasteiger partial charge is 0.223 e. The topological polar surface area (TPSA) is 42.8 Å². The van der Waals surface area contributed by atoms with Gasteiger partial charge in [-0.05, 0) is 38.5 Å². The Morgan fingerprint density at radius 3 is 2.39 bits per heavy atom. The Hall–Kier alpha value is -2.33. The minimum Gasteiger partial charge on any atom is -0.489 e. The molecule has 4 heteroatoms. The van der Waals surface area contributed by atoms with Crippen LogP contribution in [0, 0.1) is 5.92 Å². The van der Waals surface area contributed by atoms with E-state index < -0.39 is 0 Å². The standard InChI is InChI=1S/C24H32N2O2/c1-24(2,3)25-23(27)21-12-14-26(15-13-21)17-20-10-7-11-22(16-20)28-18-19-8-5-4-6-9-19/h4-11,16,21H,12-15,17-18H2,1-3H3,(H,25,27)/p+1. The van der Waals surface area contributed by atoms with Crippen LogP contribution in [-0.2, 0) is 17.9 Å². The first kappa shape index (κ1) is 20.4. The SMILES string of the molecule is CC(C)(C)NC(=O)C1CC[NH+](Cc2cccc(OCc3ccccc3)c2)CC1. The summed E-state index contributed by atoms with van der Waals surface area (Å²) in [5, 5.41) is 3.12. The van der Waals surface area contributed by atoms with Crippen LogP contribution in [0.2, 0.25) is 0 Å². The highest BCUT2D eigenvalue weighted by Crippen LogP contribution is 2.16. The van der Waals surface area contributed by atoms with Gasteiger partial charge in [-0.3, -0.25) is 4.79 Å². The van der Waals surface area contributed by atoms with Crippen molar-refractivity contribution in [2.24, 2.45) is 5.92 Å². The highest BCUT2D eigenvalue weighted by Gasteiger charge is 2.29. The fourth-order valence-electron chi connectivity index (χ4n) is 3.71. The van der Waals surface area contributed by atoms with Crippen molar-refractivity contribution in [3.8, 4) is 5.75 Å². The second kappa shape index (κ2) is 9.24. The Balaban J connectivity index is 1.48. The van der Waals surface area contributed by atoms with Crippen LogP contribution in [0.1, 0.15) is 44.7 Å². The molecule has 0 aliphatic carbocycles. The highest BCUT2D eigenvalue weighted by atomic mass is 16.5. The molecule has 0 radical (unpaired) electrons. The number of amides is 1. The molecule has 2 aromatic carbocycles. The van der Waals surface area contributed by atoms with E-state index in [9.17, 15) is 4.79 Å². The number of piperidine rings is 1. The van der Waals surface area contributed by atoms with Crippen LogP contribution in [0.15, 0.2) is 54.6 Å². The summed E-state index contributed by atoms with van der Waals surface area (Å²) >= 11 is 0. The minimum absolute atomic E-state index is 0.152. The molecule has 2 aromatic rings. The van der Waals surface area contributed by atoms with Crippen molar-refractivity contribution in [1.82, 2.24) is 5.32 Å². The first-order valence-electron chi connectivity index (χ1n) is 10.3. The molecule has 0 bridgehead atoms. The zero-order valence-electron chi connectivity index (χ0n) is 17.3. The van der Waals surface area contributed by atoms with Crippen molar-refractivity contribution in [3.63, 3.8) is 0 Å². The quantitative estimate of drug-likeness (QED) is 0.808. The van der Waals surface area contributed by atoms with E-state index in [1.54, 1.807) is 4.90 Å². The molecule has 4 nitrogen and oxygen atoms in total. The average molecular weight is 382 g/mol. The van der Waals surface area contributed by atoms with Gasteiger partial charge >= 0.3 is 0 Å². The predicted octanol–water partition coefficient (Wildman–Crippen LogP) is 2.98. The Morgan fingerprint density at radius 2 is 1.71 bits per heavy atom. The van der Waals surface area contributed by atoms with Gasteiger partial charge in [0.15, 0.2) is 0 Å². The fraction of sp³-hybridized carbons (Fsp3) is 0.458. The maximum Gasteiger partial charge on any atom is 0.223 e. The van der Waals surface area contributed by atoms with E-state index in [0.29, 0.717) is 6.61 Å². The average Bonchev–Trinajstić information content (AvgIpc) is 2.67. The lowest BCUT2D eigenvalue weighted by Crippen LogP contribution is -3.11. The molecule has 150 valence electrons. The summed E-state index contributed by atoms with van der Waals surface area (Å²) in [4.78, 5) is 13.9. The summed E-state index contributed by atoms with van der Waals surface area (Å²) in [6.07, 6.45) is 1.92. The summed E-state index contributed by atoms with van der Waals surface area (Å²) in [5.74, 6) is 1.28. The van der Waals surface area contributed by atoms with Crippen molar-refractivity contribution in [2.45, 2.75) is 52.3 Å². The summed E-state index contributed by atoms with van der Waals surface area (Å²) in [5.41, 5.74) is 2.31. The molecule has 2 N–H and O–H groups in total. The van der Waals surface area contributed by atoms with E-state index in [0.717, 1.165) is 38.2 Å². The van der Waals surface area contributed by atoms with Gasteiger partial charge in [0.25, 0.3) is 0 Å². The van der Waals surface area contributed by atoms with Gasteiger partial charge in [0.1, 0.15) is 18.9 Å². The number of carbonyl (C=O) groups is 1. The fourth-order valence-corrected chi connectivity index (χ4v) is 3.71. The molecule has 1 saturated heterocycles. The van der Waals surface area contributed by atoms with Gasteiger partial charge in [-0.25, -0.2) is 0 Å². The molecule has 1 amide bonds. The van der Waals surface area contributed by atoms with E-state index in [2.05, 4.69) is 35.6 Å². The van der Waals surface area contributed by atoms with Crippen LogP contribution >= 0.6 is 0 Å². The number of benzene rings is 2. The zero-order valence-corrected chi connectivity index (χ0v) is 17.3. The molecule has 0 atom stereocenters. The second-order valence-corrected chi connectivity index (χ2v) is 8.86. The summed E-state index contributed by atoms with van der Waals surface area (Å²) in [7, 11) is 0. The summed E-state index contributed by atoms with van der Waals surface area (Å²) in [6.45, 7) is 9.77. The lowest BCUT2D eigenvalue weighted by molar-refractivity contribution is -0.919. The van der Waals surface area contributed by atoms with Crippen LogP contribution in [0.3, 0.4) is 0 Å². The zero-order chi connectivity index (χ0) is 20.0. The van der Waals surface area contributed by atoms with Crippen molar-refractivity contribution < 1.29 is 14.4 Å². The third kappa shape index (κ3) is 6.38. The molecule has 1 aliphatic heterocycles. The number of carbonyl (C=O) groups excluding carboxylic acids is 1. The molecule has 1 aliphatic rings. The first-order valence-corrected chi connectivity index (χ1v) is 10.3. The lowest BCUT2D eigenvalue weighted by Gasteiger charge is -2.31. The molecular weight excluding hydrogens is 348 g/mol. The third-order valence-electron chi connectivity index (χ3n) is 5.16. The first-order chi connectivity index (χ1) is 13.4. The van der Waals surface area contributed by atoms with Crippen molar-refractivity contribution in [1.29, 1.82) is 0 Å². The maximum absolute atomic E-state index is 12.4. The highest BCUT2D eigenvalue weighted by molar-refractivity contribution is 5.79. The normalized spacial score (nSPS) is 19.8. The van der Waals surface area contributed by atoms with Crippen LogP contribution in [-0.4, -0.2) is 24.5 Å². The van der Waals surface area contributed by atoms with E-state index in [1.165, 1.54) is 11.1 Å². The molecule has 0 aromatic heterocycles. The van der Waals surface area contributed by atoms with Crippen molar-refractivity contribution in [3.05, 3.63) is 65.7 Å². The number of quaternary nitrogens is 1. The number of hydrogen-bond donors (Lipinski definition) is 2. The maximum atomic E-state index is 12.4. The van der Waals surface area contributed by atoms with Gasteiger partial charge in [0.2, 0.25) is 5.91 Å². The number of rotatable bonds is 6. The predicted molar refractivity (Wildman–Crippen MR) is 112 cm³/mol.